The van der Waals surface area contributed by atoms with Crippen LogP contribution in [0.3, 0.4) is 0 Å². The molecule has 2 aliphatic rings. The van der Waals surface area contributed by atoms with E-state index in [2.05, 4.69) is 42.9 Å². The Morgan fingerprint density at radius 1 is 1.17 bits per heavy atom. The van der Waals surface area contributed by atoms with Gasteiger partial charge in [0, 0.05) is 12.1 Å². The van der Waals surface area contributed by atoms with Gasteiger partial charge in [0.1, 0.15) is 18.0 Å². The summed E-state index contributed by atoms with van der Waals surface area (Å²) in [5, 5.41) is 9.03. The molecule has 0 saturated heterocycles. The van der Waals surface area contributed by atoms with Crippen molar-refractivity contribution in [2.45, 2.75) is 65.2 Å². The minimum atomic E-state index is -0.717. The number of amides is 1. The van der Waals surface area contributed by atoms with Crippen LogP contribution >= 0.6 is 0 Å². The second kappa shape index (κ2) is 10.7. The van der Waals surface area contributed by atoms with E-state index in [0.29, 0.717) is 19.1 Å². The zero-order valence-corrected chi connectivity index (χ0v) is 21.3. The molecule has 1 amide bonds. The molecule has 4 rings (SSSR count). The lowest BCUT2D eigenvalue weighted by atomic mass is 9.77. The van der Waals surface area contributed by atoms with Crippen molar-refractivity contribution in [3.63, 3.8) is 0 Å². The van der Waals surface area contributed by atoms with Crippen LogP contribution in [-0.4, -0.2) is 46.7 Å². The largest absolute Gasteiger partial charge is 0.481 e. The maximum absolute atomic E-state index is 13.4. The van der Waals surface area contributed by atoms with Gasteiger partial charge in [-0.1, -0.05) is 32.9 Å². The molecule has 0 radical (unpaired) electrons. The van der Waals surface area contributed by atoms with Crippen LogP contribution in [0.15, 0.2) is 24.3 Å². The van der Waals surface area contributed by atoms with Gasteiger partial charge in [0.15, 0.2) is 0 Å². The standard InChI is InChI=1S/C27H36N4O5/c1-27(2,3)12-14-36-26-29-23(28)22-24(30-26)35-15-13-31(25(22)34)20-10-8-19(9-11-20)18-6-4-17(5-7-18)16-21(32)33/h8-11,17-18H,4-7,12-16H2,1-3H3,(H,32,33)(H2,28,29,30). The summed E-state index contributed by atoms with van der Waals surface area (Å²) in [5.41, 5.74) is 8.40. The number of nitrogens with zero attached hydrogens (tertiary/aromatic N) is 3. The van der Waals surface area contributed by atoms with Gasteiger partial charge in [-0.25, -0.2) is 0 Å². The van der Waals surface area contributed by atoms with Crippen molar-refractivity contribution in [1.82, 2.24) is 9.97 Å². The molecule has 0 unspecified atom stereocenters. The highest BCUT2D eigenvalue weighted by atomic mass is 16.5. The van der Waals surface area contributed by atoms with Gasteiger partial charge in [-0.3, -0.25) is 9.59 Å². The fraction of sp³-hybridized carbons (Fsp3) is 0.556. The van der Waals surface area contributed by atoms with Gasteiger partial charge in [0.2, 0.25) is 5.88 Å². The third-order valence-corrected chi connectivity index (χ3v) is 6.97. The number of benzene rings is 1. The van der Waals surface area contributed by atoms with E-state index < -0.39 is 5.97 Å². The van der Waals surface area contributed by atoms with E-state index in [1.54, 1.807) is 4.90 Å². The molecule has 36 heavy (non-hydrogen) atoms. The summed E-state index contributed by atoms with van der Waals surface area (Å²) in [6.07, 6.45) is 4.89. The van der Waals surface area contributed by atoms with Gasteiger partial charge in [0.25, 0.3) is 5.91 Å². The first kappa shape index (κ1) is 25.7. The number of fused-ring (bicyclic) bond motifs is 1. The number of carboxylic acid groups (broad SMARTS) is 1. The molecule has 9 nitrogen and oxygen atoms in total. The lowest BCUT2D eigenvalue weighted by Crippen LogP contribution is -2.32. The summed E-state index contributed by atoms with van der Waals surface area (Å²) in [4.78, 5) is 34.6. The van der Waals surface area contributed by atoms with Crippen LogP contribution in [0, 0.1) is 11.3 Å². The highest BCUT2D eigenvalue weighted by molar-refractivity contribution is 6.10. The van der Waals surface area contributed by atoms with E-state index in [0.717, 1.165) is 37.8 Å². The van der Waals surface area contributed by atoms with Crippen LogP contribution in [0.2, 0.25) is 0 Å². The molecule has 1 aliphatic carbocycles. The SMILES string of the molecule is CC(C)(C)CCOc1nc(N)c2c(n1)OCCN(c1ccc(C3CCC(CC(=O)O)CC3)cc1)C2=O. The normalized spacial score (nSPS) is 20.3. The summed E-state index contributed by atoms with van der Waals surface area (Å²) in [5.74, 6) is -0.152. The second-order valence-electron chi connectivity index (χ2n) is 10.9. The minimum absolute atomic E-state index is 0.0393. The van der Waals surface area contributed by atoms with Crippen molar-refractivity contribution >= 4 is 23.4 Å². The first-order valence-electron chi connectivity index (χ1n) is 12.7. The predicted molar refractivity (Wildman–Crippen MR) is 137 cm³/mol. The van der Waals surface area contributed by atoms with Gasteiger partial charge in [0.05, 0.1) is 13.2 Å². The Hall–Kier alpha value is -3.36. The number of rotatable bonds is 7. The molecule has 1 aromatic carbocycles. The van der Waals surface area contributed by atoms with E-state index in [4.69, 9.17) is 20.3 Å². The molecule has 2 heterocycles. The molecule has 1 aromatic heterocycles. The molecule has 2 aromatic rings. The Kier molecular flexibility index (Phi) is 7.66. The number of nitrogens with two attached hydrogens (primary N) is 1. The molecule has 0 bridgehead atoms. The number of carbonyl (C=O) groups is 2. The van der Waals surface area contributed by atoms with Crippen LogP contribution in [0.25, 0.3) is 0 Å². The van der Waals surface area contributed by atoms with Crippen LogP contribution in [0.5, 0.6) is 11.9 Å². The Morgan fingerprint density at radius 2 is 1.86 bits per heavy atom. The molecular formula is C27H36N4O5. The first-order valence-corrected chi connectivity index (χ1v) is 12.7. The smallest absolute Gasteiger partial charge is 0.321 e. The van der Waals surface area contributed by atoms with Crippen molar-refractivity contribution < 1.29 is 24.2 Å². The third kappa shape index (κ3) is 6.25. The maximum atomic E-state index is 13.4. The van der Waals surface area contributed by atoms with Crippen molar-refractivity contribution in [3.8, 4) is 11.9 Å². The van der Waals surface area contributed by atoms with Gasteiger partial charge in [-0.2, -0.15) is 9.97 Å². The fourth-order valence-electron chi connectivity index (χ4n) is 4.84. The fourth-order valence-corrected chi connectivity index (χ4v) is 4.84. The molecule has 0 atom stereocenters. The third-order valence-electron chi connectivity index (χ3n) is 6.97. The number of nitrogen functional groups attached to an aromatic ring is 1. The van der Waals surface area contributed by atoms with E-state index in [-0.39, 0.29) is 53.5 Å². The Bertz CT molecular complexity index is 1090. The van der Waals surface area contributed by atoms with Crippen molar-refractivity contribution in [2.75, 3.05) is 30.4 Å². The van der Waals surface area contributed by atoms with Crippen LogP contribution < -0.4 is 20.1 Å². The summed E-state index contributed by atoms with van der Waals surface area (Å²) in [7, 11) is 0. The van der Waals surface area contributed by atoms with Crippen LogP contribution in [-0.2, 0) is 4.79 Å². The van der Waals surface area contributed by atoms with Gasteiger partial charge >= 0.3 is 12.0 Å². The maximum Gasteiger partial charge on any atom is 0.321 e. The van der Waals surface area contributed by atoms with E-state index in [9.17, 15) is 9.59 Å². The highest BCUT2D eigenvalue weighted by Crippen LogP contribution is 2.38. The number of aliphatic carboxylic acids is 1. The Morgan fingerprint density at radius 3 is 2.50 bits per heavy atom. The predicted octanol–water partition coefficient (Wildman–Crippen LogP) is 4.66. The lowest BCUT2D eigenvalue weighted by molar-refractivity contribution is -0.138. The quantitative estimate of drug-likeness (QED) is 0.566. The summed E-state index contributed by atoms with van der Waals surface area (Å²) < 4.78 is 11.5. The number of carboxylic acids is 1. The Labute approximate surface area is 212 Å². The van der Waals surface area contributed by atoms with E-state index >= 15 is 0 Å². The van der Waals surface area contributed by atoms with Crippen LogP contribution in [0.4, 0.5) is 11.5 Å². The van der Waals surface area contributed by atoms with Gasteiger partial charge in [-0.15, -0.1) is 0 Å². The number of anilines is 2. The van der Waals surface area contributed by atoms with Gasteiger partial charge < -0.3 is 25.2 Å². The number of hydrogen-bond donors (Lipinski definition) is 2. The number of ether oxygens (including phenoxy) is 2. The number of carbonyl (C=O) groups excluding carboxylic acids is 1. The summed E-state index contributed by atoms with van der Waals surface area (Å²) in [6, 6.07) is 8.12. The molecule has 3 N–H and O–H groups in total. The summed E-state index contributed by atoms with van der Waals surface area (Å²) >= 11 is 0. The average molecular weight is 497 g/mol. The van der Waals surface area contributed by atoms with Crippen molar-refractivity contribution in [2.24, 2.45) is 11.3 Å². The lowest BCUT2D eigenvalue weighted by Gasteiger charge is -2.28. The Balaban J connectivity index is 1.44. The van der Waals surface area contributed by atoms with E-state index in [1.807, 2.05) is 12.1 Å². The molecule has 1 aliphatic heterocycles. The number of aromatic nitrogens is 2. The first-order chi connectivity index (χ1) is 17.1. The van der Waals surface area contributed by atoms with Crippen molar-refractivity contribution in [1.29, 1.82) is 0 Å². The molecule has 194 valence electrons. The second-order valence-corrected chi connectivity index (χ2v) is 10.9. The zero-order chi connectivity index (χ0) is 25.9. The number of hydrogen-bond acceptors (Lipinski definition) is 7. The molecule has 1 fully saturated rings. The highest BCUT2D eigenvalue weighted by Gasteiger charge is 2.30. The molecule has 9 heteroatoms. The topological polar surface area (TPSA) is 128 Å². The summed E-state index contributed by atoms with van der Waals surface area (Å²) in [6.45, 7) is 7.44. The monoisotopic (exact) mass is 496 g/mol. The van der Waals surface area contributed by atoms with Crippen LogP contribution in [0.1, 0.15) is 81.1 Å². The average Bonchev–Trinajstić information content (AvgIpc) is 2.97. The zero-order valence-electron chi connectivity index (χ0n) is 21.3. The van der Waals surface area contributed by atoms with Gasteiger partial charge in [-0.05, 0) is 67.1 Å². The van der Waals surface area contributed by atoms with E-state index in [1.165, 1.54) is 5.56 Å². The molecule has 0 spiro atoms. The van der Waals surface area contributed by atoms with Crippen molar-refractivity contribution in [3.05, 3.63) is 35.4 Å². The minimum Gasteiger partial charge on any atom is -0.481 e. The molecular weight excluding hydrogens is 460 g/mol. The molecule has 1 saturated carbocycles.